The van der Waals surface area contributed by atoms with E-state index >= 15 is 0 Å². The molecule has 0 amide bonds. The molecule has 32 heavy (non-hydrogen) atoms. The molecule has 1 aliphatic rings. The van der Waals surface area contributed by atoms with Gasteiger partial charge in [-0.2, -0.15) is 0 Å². The molecule has 1 atom stereocenters. The second-order valence-electron chi connectivity index (χ2n) is 7.74. The van der Waals surface area contributed by atoms with Gasteiger partial charge in [0.2, 0.25) is 11.8 Å². The van der Waals surface area contributed by atoms with Crippen LogP contribution in [0, 0.1) is 5.82 Å². The average molecular weight is 493 g/mol. The van der Waals surface area contributed by atoms with Crippen molar-refractivity contribution in [3.63, 3.8) is 0 Å². The van der Waals surface area contributed by atoms with Gasteiger partial charge in [-0.3, -0.25) is 4.90 Å². The Bertz CT molecular complexity index is 1170. The molecule has 4 aromatic rings. The number of halogens is 2. The molecule has 1 aromatic heterocycles. The molecule has 1 aliphatic heterocycles. The minimum absolute atomic E-state index is 0.171. The topological polar surface area (TPSA) is 45.4 Å². The summed E-state index contributed by atoms with van der Waals surface area (Å²) in [5, 5.41) is 8.72. The lowest BCUT2D eigenvalue weighted by atomic mass is 10.0. The quantitative estimate of drug-likeness (QED) is 0.365. The van der Waals surface area contributed by atoms with Crippen LogP contribution in [-0.2, 0) is 0 Å². The largest absolute Gasteiger partial charge is 0.419 e. The molecular formula is C25H22BrFN4O. The van der Waals surface area contributed by atoms with E-state index in [0.29, 0.717) is 30.6 Å². The smallest absolute Gasteiger partial charge is 0.247 e. The maximum absolute atomic E-state index is 14.3. The number of aromatic nitrogens is 2. The van der Waals surface area contributed by atoms with Crippen molar-refractivity contribution in [2.24, 2.45) is 0 Å². The monoisotopic (exact) mass is 492 g/mol. The fraction of sp³-hybridized carbons (Fsp3) is 0.200. The average Bonchev–Trinajstić information content (AvgIpc) is 3.32. The Kier molecular flexibility index (Phi) is 6.01. The zero-order valence-corrected chi connectivity index (χ0v) is 19.0. The second kappa shape index (κ2) is 9.22. The number of hydrogen-bond donors (Lipinski definition) is 0. The Morgan fingerprint density at radius 2 is 1.50 bits per heavy atom. The van der Waals surface area contributed by atoms with Crippen LogP contribution in [0.2, 0.25) is 0 Å². The fourth-order valence-corrected chi connectivity index (χ4v) is 4.39. The third kappa shape index (κ3) is 4.31. The third-order valence-corrected chi connectivity index (χ3v) is 6.28. The molecule has 0 saturated carbocycles. The third-order valence-electron chi connectivity index (χ3n) is 5.75. The molecule has 1 unspecified atom stereocenters. The standard InChI is InChI=1S/C25H22BrFN4O/c26-20-12-10-18(11-13-20)23(25-29-28-24(32-25)19-6-2-1-3-7-19)31-16-14-30(15-17-31)22-9-5-4-8-21(22)27/h1-13,23H,14-17H2. The molecule has 0 bridgehead atoms. The zero-order valence-electron chi connectivity index (χ0n) is 17.4. The SMILES string of the molecule is Fc1ccccc1N1CCN(C(c2ccc(Br)cc2)c2nnc(-c3ccccc3)o2)CC1. The van der Waals surface area contributed by atoms with Crippen molar-refractivity contribution in [2.75, 3.05) is 31.1 Å². The summed E-state index contributed by atoms with van der Waals surface area (Å²) in [6.07, 6.45) is 0. The van der Waals surface area contributed by atoms with Gasteiger partial charge in [0.25, 0.3) is 0 Å². The lowest BCUT2D eigenvalue weighted by Gasteiger charge is -2.39. The van der Waals surface area contributed by atoms with Crippen LogP contribution in [0.25, 0.3) is 11.5 Å². The van der Waals surface area contributed by atoms with E-state index in [1.807, 2.05) is 54.6 Å². The Hall–Kier alpha value is -3.03. The van der Waals surface area contributed by atoms with Gasteiger partial charge in [-0.15, -0.1) is 10.2 Å². The van der Waals surface area contributed by atoms with Crippen molar-refractivity contribution in [3.05, 3.63) is 101 Å². The maximum Gasteiger partial charge on any atom is 0.247 e. The van der Waals surface area contributed by atoms with Crippen LogP contribution in [0.15, 0.2) is 87.8 Å². The predicted molar refractivity (Wildman–Crippen MR) is 126 cm³/mol. The lowest BCUT2D eigenvalue weighted by Crippen LogP contribution is -2.48. The number of anilines is 1. The van der Waals surface area contributed by atoms with Gasteiger partial charge in [0, 0.05) is 36.2 Å². The molecule has 1 fully saturated rings. The van der Waals surface area contributed by atoms with Crippen LogP contribution in [0.1, 0.15) is 17.5 Å². The Morgan fingerprint density at radius 1 is 0.812 bits per heavy atom. The summed E-state index contributed by atoms with van der Waals surface area (Å²) in [6, 6.07) is 24.7. The van der Waals surface area contributed by atoms with E-state index < -0.39 is 0 Å². The van der Waals surface area contributed by atoms with Crippen molar-refractivity contribution in [3.8, 4) is 11.5 Å². The lowest BCUT2D eigenvalue weighted by molar-refractivity contribution is 0.187. The fourth-order valence-electron chi connectivity index (χ4n) is 4.13. The minimum Gasteiger partial charge on any atom is -0.419 e. The number of hydrogen-bond acceptors (Lipinski definition) is 5. The summed E-state index contributed by atoms with van der Waals surface area (Å²) in [5.41, 5.74) is 2.62. The van der Waals surface area contributed by atoms with Crippen LogP contribution in [0.4, 0.5) is 10.1 Å². The first-order chi connectivity index (χ1) is 15.7. The normalized spacial score (nSPS) is 15.6. The summed E-state index contributed by atoms with van der Waals surface area (Å²) >= 11 is 3.51. The van der Waals surface area contributed by atoms with Crippen molar-refractivity contribution >= 4 is 21.6 Å². The molecule has 162 valence electrons. The van der Waals surface area contributed by atoms with Crippen LogP contribution < -0.4 is 4.90 Å². The van der Waals surface area contributed by atoms with Gasteiger partial charge in [-0.05, 0) is 42.0 Å². The van der Waals surface area contributed by atoms with E-state index in [9.17, 15) is 4.39 Å². The van der Waals surface area contributed by atoms with Crippen molar-refractivity contribution < 1.29 is 8.81 Å². The first-order valence-electron chi connectivity index (χ1n) is 10.6. The number of benzene rings is 3. The van der Waals surface area contributed by atoms with Gasteiger partial charge in [0.1, 0.15) is 11.9 Å². The van der Waals surface area contributed by atoms with E-state index in [-0.39, 0.29) is 11.9 Å². The van der Waals surface area contributed by atoms with Crippen molar-refractivity contribution in [1.29, 1.82) is 0 Å². The molecule has 5 nitrogen and oxygen atoms in total. The highest BCUT2D eigenvalue weighted by Crippen LogP contribution is 2.32. The molecule has 0 N–H and O–H groups in total. The van der Waals surface area contributed by atoms with E-state index in [1.165, 1.54) is 6.07 Å². The minimum atomic E-state index is -0.185. The van der Waals surface area contributed by atoms with Gasteiger partial charge in [-0.1, -0.05) is 58.4 Å². The summed E-state index contributed by atoms with van der Waals surface area (Å²) in [7, 11) is 0. The van der Waals surface area contributed by atoms with Crippen LogP contribution in [-0.4, -0.2) is 41.3 Å². The van der Waals surface area contributed by atoms with Crippen molar-refractivity contribution in [2.45, 2.75) is 6.04 Å². The Labute approximate surface area is 194 Å². The van der Waals surface area contributed by atoms with Crippen LogP contribution >= 0.6 is 15.9 Å². The van der Waals surface area contributed by atoms with Gasteiger partial charge in [-0.25, -0.2) is 4.39 Å². The second-order valence-corrected chi connectivity index (χ2v) is 8.66. The van der Waals surface area contributed by atoms with Crippen LogP contribution in [0.5, 0.6) is 0 Å². The maximum atomic E-state index is 14.3. The van der Waals surface area contributed by atoms with Gasteiger partial charge in [0.15, 0.2) is 0 Å². The van der Waals surface area contributed by atoms with E-state index in [1.54, 1.807) is 6.07 Å². The van der Waals surface area contributed by atoms with Crippen molar-refractivity contribution in [1.82, 2.24) is 15.1 Å². The molecular weight excluding hydrogens is 471 g/mol. The van der Waals surface area contributed by atoms with E-state index in [0.717, 1.165) is 28.7 Å². The number of nitrogens with zero attached hydrogens (tertiary/aromatic N) is 4. The van der Waals surface area contributed by atoms with Gasteiger partial charge < -0.3 is 9.32 Å². The summed E-state index contributed by atoms with van der Waals surface area (Å²) in [4.78, 5) is 4.41. The molecule has 1 saturated heterocycles. The highest BCUT2D eigenvalue weighted by molar-refractivity contribution is 9.10. The molecule has 3 aromatic carbocycles. The van der Waals surface area contributed by atoms with Crippen LogP contribution in [0.3, 0.4) is 0 Å². The van der Waals surface area contributed by atoms with E-state index in [2.05, 4.69) is 48.1 Å². The van der Waals surface area contributed by atoms with Gasteiger partial charge in [0.05, 0.1) is 5.69 Å². The predicted octanol–water partition coefficient (Wildman–Crippen LogP) is 5.55. The molecule has 2 heterocycles. The summed E-state index contributed by atoms with van der Waals surface area (Å²) in [6.45, 7) is 2.93. The number of piperazine rings is 1. The number of rotatable bonds is 5. The first-order valence-corrected chi connectivity index (χ1v) is 11.4. The Morgan fingerprint density at radius 3 is 2.22 bits per heavy atom. The molecule has 5 rings (SSSR count). The molecule has 0 spiro atoms. The van der Waals surface area contributed by atoms with Gasteiger partial charge >= 0.3 is 0 Å². The summed E-state index contributed by atoms with van der Waals surface area (Å²) < 4.78 is 21.4. The number of para-hydroxylation sites is 1. The summed E-state index contributed by atoms with van der Waals surface area (Å²) in [5.74, 6) is 0.882. The van der Waals surface area contributed by atoms with E-state index in [4.69, 9.17) is 4.42 Å². The molecule has 0 aliphatic carbocycles. The Balaban J connectivity index is 1.42. The highest BCUT2D eigenvalue weighted by Gasteiger charge is 2.31. The molecule has 0 radical (unpaired) electrons. The highest BCUT2D eigenvalue weighted by atomic mass is 79.9. The molecule has 7 heteroatoms. The zero-order chi connectivity index (χ0) is 21.9. The first kappa shape index (κ1) is 20.8.